The molecule has 0 saturated carbocycles. The van der Waals surface area contributed by atoms with Gasteiger partial charge >= 0.3 is 0 Å². The van der Waals surface area contributed by atoms with Gasteiger partial charge in [-0.05, 0) is 106 Å². The van der Waals surface area contributed by atoms with Crippen LogP contribution in [0.15, 0.2) is 47.3 Å². The number of likely N-dealkylation sites (tertiary alicyclic amines) is 2. The zero-order valence-electron chi connectivity index (χ0n) is 22.1. The largest absolute Gasteiger partial charge is 0.325 e. The van der Waals surface area contributed by atoms with Crippen molar-refractivity contribution in [3.8, 4) is 0 Å². The van der Waals surface area contributed by atoms with Gasteiger partial charge in [0.2, 0.25) is 11.8 Å². The molecule has 9 heteroatoms. The van der Waals surface area contributed by atoms with Crippen LogP contribution in [0.1, 0.15) is 43.5 Å². The van der Waals surface area contributed by atoms with Crippen LogP contribution in [0.4, 0.5) is 11.4 Å². The van der Waals surface area contributed by atoms with E-state index in [2.05, 4.69) is 26.5 Å². The molecule has 2 N–H and O–H groups in total. The van der Waals surface area contributed by atoms with E-state index < -0.39 is 0 Å². The zero-order chi connectivity index (χ0) is 26.8. The van der Waals surface area contributed by atoms with Crippen LogP contribution in [0.25, 0.3) is 22.6 Å². The summed E-state index contributed by atoms with van der Waals surface area (Å²) in [4.78, 5) is 47.2. The van der Waals surface area contributed by atoms with Crippen LogP contribution in [0, 0.1) is 0 Å². The number of hydrogen-bond donors (Lipinski definition) is 2. The van der Waals surface area contributed by atoms with Crippen LogP contribution in [0.5, 0.6) is 0 Å². The second-order valence-corrected chi connectivity index (χ2v) is 10.7. The molecule has 3 aliphatic heterocycles. The molecule has 1 aromatic heterocycles. The number of carbonyl (C=O) groups is 2. The monoisotopic (exact) mass is 526 g/mol. The van der Waals surface area contributed by atoms with Gasteiger partial charge in [0.15, 0.2) is 0 Å². The number of amides is 2. The number of nitrogens with zero attached hydrogens (tertiary/aromatic N) is 4. The Labute approximate surface area is 227 Å². The fraction of sp³-hybridized carbons (Fsp3) is 0.400. The van der Waals surface area contributed by atoms with Gasteiger partial charge in [0.1, 0.15) is 5.82 Å². The second-order valence-electron chi connectivity index (χ2n) is 10.7. The van der Waals surface area contributed by atoms with Crippen molar-refractivity contribution in [2.45, 2.75) is 38.6 Å². The Morgan fingerprint density at radius 1 is 0.795 bits per heavy atom. The number of aromatic nitrogens is 2. The minimum absolute atomic E-state index is 0.00906. The molecule has 0 atom stereocenters. The minimum atomic E-state index is -0.0654. The summed E-state index contributed by atoms with van der Waals surface area (Å²) < 4.78 is 1.73. The summed E-state index contributed by atoms with van der Waals surface area (Å²) in [5.74, 6) is 0.621. The standard InChI is InChI=1S/C30H34N6O3/c37-27(19-34-12-1-2-13-34)31-23-7-5-21(6-8-23)17-22-11-16-36-29(22)33-26-18-24(9-10-25(26)30(36)39)32-28(38)20-35-14-3-4-15-35/h5-10,17-18H,1-4,11-16,19-20H2,(H,31,37)(H,32,38)/b22-17+. The van der Waals surface area contributed by atoms with E-state index in [1.165, 1.54) is 0 Å². The van der Waals surface area contributed by atoms with Crippen molar-refractivity contribution in [2.75, 3.05) is 49.9 Å². The van der Waals surface area contributed by atoms with Crippen molar-refractivity contribution in [3.63, 3.8) is 0 Å². The predicted molar refractivity (Wildman–Crippen MR) is 154 cm³/mol. The molecule has 6 rings (SSSR count). The lowest BCUT2D eigenvalue weighted by atomic mass is 10.1. The number of allylic oxidation sites excluding steroid dienone is 1. The Morgan fingerprint density at radius 2 is 1.38 bits per heavy atom. The number of carbonyl (C=O) groups excluding carboxylic acids is 2. The number of hydrogen-bond acceptors (Lipinski definition) is 6. The molecule has 0 spiro atoms. The third kappa shape index (κ3) is 5.79. The Kier molecular flexibility index (Phi) is 7.26. The van der Waals surface area contributed by atoms with Gasteiger partial charge < -0.3 is 10.6 Å². The number of benzene rings is 2. The maximum absolute atomic E-state index is 13.2. The van der Waals surface area contributed by atoms with E-state index in [1.807, 2.05) is 24.3 Å². The lowest BCUT2D eigenvalue weighted by Crippen LogP contribution is -2.30. The first-order valence-corrected chi connectivity index (χ1v) is 13.9. The number of rotatable bonds is 7. The molecule has 2 fully saturated rings. The third-order valence-corrected chi connectivity index (χ3v) is 7.80. The summed E-state index contributed by atoms with van der Waals surface area (Å²) in [6.45, 7) is 5.29. The summed E-state index contributed by atoms with van der Waals surface area (Å²) in [6, 6.07) is 13.1. The first-order valence-electron chi connectivity index (χ1n) is 13.9. The van der Waals surface area contributed by atoms with Gasteiger partial charge in [-0.3, -0.25) is 28.8 Å². The van der Waals surface area contributed by atoms with Gasteiger partial charge in [-0.1, -0.05) is 12.1 Å². The van der Waals surface area contributed by atoms with E-state index in [9.17, 15) is 14.4 Å². The van der Waals surface area contributed by atoms with E-state index in [0.29, 0.717) is 48.5 Å². The molecule has 4 heterocycles. The van der Waals surface area contributed by atoms with Crippen molar-refractivity contribution in [1.29, 1.82) is 0 Å². The van der Waals surface area contributed by atoms with E-state index in [4.69, 9.17) is 4.98 Å². The zero-order valence-corrected chi connectivity index (χ0v) is 22.1. The fourth-order valence-corrected chi connectivity index (χ4v) is 5.78. The Hall–Kier alpha value is -3.82. The summed E-state index contributed by atoms with van der Waals surface area (Å²) in [5, 5.41) is 6.49. The molecule has 3 aromatic rings. The van der Waals surface area contributed by atoms with Gasteiger partial charge in [0.05, 0.1) is 24.0 Å². The van der Waals surface area contributed by atoms with E-state index in [0.717, 1.165) is 68.7 Å². The summed E-state index contributed by atoms with van der Waals surface area (Å²) >= 11 is 0. The molecular formula is C30H34N6O3. The van der Waals surface area contributed by atoms with Gasteiger partial charge in [-0.2, -0.15) is 0 Å². The minimum Gasteiger partial charge on any atom is -0.325 e. The van der Waals surface area contributed by atoms with Crippen molar-refractivity contribution in [2.24, 2.45) is 0 Å². The average Bonchev–Trinajstić information content (AvgIpc) is 3.69. The van der Waals surface area contributed by atoms with Gasteiger partial charge in [0, 0.05) is 17.9 Å². The number of nitrogens with one attached hydrogen (secondary N) is 2. The highest BCUT2D eigenvalue weighted by molar-refractivity contribution is 5.95. The van der Waals surface area contributed by atoms with E-state index in [-0.39, 0.29) is 17.4 Å². The van der Waals surface area contributed by atoms with Crippen molar-refractivity contribution < 1.29 is 9.59 Å². The maximum atomic E-state index is 13.2. The molecule has 2 amide bonds. The molecule has 39 heavy (non-hydrogen) atoms. The van der Waals surface area contributed by atoms with Crippen molar-refractivity contribution >= 4 is 45.7 Å². The molecule has 0 unspecified atom stereocenters. The summed E-state index contributed by atoms with van der Waals surface area (Å²) in [6.07, 6.45) is 7.36. The molecule has 2 saturated heterocycles. The highest BCUT2D eigenvalue weighted by Gasteiger charge is 2.22. The second kappa shape index (κ2) is 11.1. The Morgan fingerprint density at radius 3 is 2.03 bits per heavy atom. The van der Waals surface area contributed by atoms with Crippen molar-refractivity contribution in [1.82, 2.24) is 19.4 Å². The first kappa shape index (κ1) is 25.5. The van der Waals surface area contributed by atoms with Gasteiger partial charge in [0.25, 0.3) is 5.56 Å². The molecular weight excluding hydrogens is 492 g/mol. The first-order chi connectivity index (χ1) is 19.0. The third-order valence-electron chi connectivity index (χ3n) is 7.80. The van der Waals surface area contributed by atoms with E-state index in [1.54, 1.807) is 22.8 Å². The molecule has 0 bridgehead atoms. The maximum Gasteiger partial charge on any atom is 0.261 e. The highest BCUT2D eigenvalue weighted by atomic mass is 16.2. The lowest BCUT2D eigenvalue weighted by molar-refractivity contribution is -0.117. The summed E-state index contributed by atoms with van der Waals surface area (Å²) in [5.41, 5.74) is 3.90. The topological polar surface area (TPSA) is 99.6 Å². The Bertz CT molecular complexity index is 1480. The summed E-state index contributed by atoms with van der Waals surface area (Å²) in [7, 11) is 0. The molecule has 202 valence electrons. The molecule has 0 aliphatic carbocycles. The van der Waals surface area contributed by atoms with Crippen LogP contribution in [-0.4, -0.2) is 70.4 Å². The molecule has 0 radical (unpaired) electrons. The van der Waals surface area contributed by atoms with Crippen LogP contribution in [0.3, 0.4) is 0 Å². The van der Waals surface area contributed by atoms with Crippen LogP contribution < -0.4 is 16.2 Å². The smallest absolute Gasteiger partial charge is 0.261 e. The van der Waals surface area contributed by atoms with Gasteiger partial charge in [-0.15, -0.1) is 0 Å². The highest BCUT2D eigenvalue weighted by Crippen LogP contribution is 2.28. The van der Waals surface area contributed by atoms with Crippen molar-refractivity contribution in [3.05, 3.63) is 64.2 Å². The van der Waals surface area contributed by atoms with Crippen LogP contribution in [0.2, 0.25) is 0 Å². The van der Waals surface area contributed by atoms with Crippen LogP contribution in [-0.2, 0) is 16.1 Å². The van der Waals surface area contributed by atoms with Gasteiger partial charge in [-0.25, -0.2) is 4.98 Å². The Balaban J connectivity index is 1.17. The van der Waals surface area contributed by atoms with E-state index >= 15 is 0 Å². The molecule has 3 aliphatic rings. The normalized spacial score (nSPS) is 18.6. The van der Waals surface area contributed by atoms with Crippen LogP contribution >= 0.6 is 0 Å². The quantitative estimate of drug-likeness (QED) is 0.490. The fourth-order valence-electron chi connectivity index (χ4n) is 5.78. The average molecular weight is 527 g/mol. The number of fused-ring (bicyclic) bond motifs is 2. The predicted octanol–water partition coefficient (Wildman–Crippen LogP) is 3.41. The SMILES string of the molecule is O=C(CN1CCCC1)Nc1ccc(/C=C2\CCn3c2nc2cc(NC(=O)CN4CCCC4)ccc2c3=O)cc1. The molecule has 2 aromatic carbocycles. The lowest BCUT2D eigenvalue weighted by Gasteiger charge is -2.14. The number of anilines is 2. The molecule has 9 nitrogen and oxygen atoms in total.